The Kier molecular flexibility index (Phi) is 3.48. The molecule has 1 aliphatic rings. The van der Waals surface area contributed by atoms with E-state index in [-0.39, 0.29) is 17.4 Å². The van der Waals surface area contributed by atoms with Crippen LogP contribution in [0.1, 0.15) is 25.7 Å². The van der Waals surface area contributed by atoms with Crippen molar-refractivity contribution >= 4 is 17.5 Å². The predicted octanol–water partition coefficient (Wildman–Crippen LogP) is 0.960. The topological polar surface area (TPSA) is 67.8 Å². The summed E-state index contributed by atoms with van der Waals surface area (Å²) in [5, 5.41) is 6.79. The van der Waals surface area contributed by atoms with Crippen molar-refractivity contribution in [3.05, 3.63) is 10.5 Å². The molecule has 1 N–H and O–H groups in total. The van der Waals surface area contributed by atoms with E-state index in [1.807, 2.05) is 0 Å². The van der Waals surface area contributed by atoms with E-state index in [9.17, 15) is 9.59 Å². The molecule has 1 aromatic heterocycles. The zero-order valence-electron chi connectivity index (χ0n) is 9.23. The summed E-state index contributed by atoms with van der Waals surface area (Å²) >= 11 is 1.33. The zero-order chi connectivity index (χ0) is 11.5. The molecule has 0 aliphatic heterocycles. The van der Waals surface area contributed by atoms with Crippen LogP contribution in [0, 0.1) is 5.92 Å². The molecule has 6 heteroatoms. The van der Waals surface area contributed by atoms with E-state index in [2.05, 4.69) is 10.2 Å². The fourth-order valence-electron chi connectivity index (χ4n) is 1.96. The van der Waals surface area contributed by atoms with Crippen molar-refractivity contribution in [1.82, 2.24) is 14.8 Å². The standard InChI is InChI=1S/C10H15N3O2S/c1-13-9(15)11-12-10(13)16-6-8(14)7-4-2-3-5-7/h7H,2-6H2,1H3,(H,11,15). The average Bonchev–Trinajstić information content (AvgIpc) is 2.89. The summed E-state index contributed by atoms with van der Waals surface area (Å²) < 4.78 is 1.42. The fourth-order valence-corrected chi connectivity index (χ4v) is 2.86. The van der Waals surface area contributed by atoms with Crippen LogP contribution >= 0.6 is 11.8 Å². The van der Waals surface area contributed by atoms with Crippen molar-refractivity contribution in [3.63, 3.8) is 0 Å². The summed E-state index contributed by atoms with van der Waals surface area (Å²) in [5.74, 6) is 0.949. The lowest BCUT2D eigenvalue weighted by Crippen LogP contribution is -2.15. The molecule has 0 saturated heterocycles. The van der Waals surface area contributed by atoms with Crippen LogP contribution in [0.15, 0.2) is 9.95 Å². The highest BCUT2D eigenvalue weighted by Crippen LogP contribution is 2.27. The van der Waals surface area contributed by atoms with Crippen molar-refractivity contribution in [2.45, 2.75) is 30.8 Å². The minimum absolute atomic E-state index is 0.239. The van der Waals surface area contributed by atoms with Gasteiger partial charge in [-0.2, -0.15) is 0 Å². The van der Waals surface area contributed by atoms with Crippen molar-refractivity contribution in [1.29, 1.82) is 0 Å². The Balaban J connectivity index is 1.89. The molecule has 2 rings (SSSR count). The van der Waals surface area contributed by atoms with Crippen LogP contribution in [0.2, 0.25) is 0 Å². The number of hydrogen-bond acceptors (Lipinski definition) is 4. The molecule has 0 atom stereocenters. The van der Waals surface area contributed by atoms with Crippen LogP contribution in [-0.4, -0.2) is 26.3 Å². The third-order valence-corrected chi connectivity index (χ3v) is 4.04. The number of aromatic amines is 1. The van der Waals surface area contributed by atoms with Gasteiger partial charge in [-0.15, -0.1) is 5.10 Å². The summed E-state index contributed by atoms with van der Waals surface area (Å²) in [6, 6.07) is 0. The monoisotopic (exact) mass is 241 g/mol. The quantitative estimate of drug-likeness (QED) is 0.797. The van der Waals surface area contributed by atoms with Gasteiger partial charge in [0.2, 0.25) is 0 Å². The highest BCUT2D eigenvalue weighted by molar-refractivity contribution is 7.99. The Labute approximate surface area is 97.6 Å². The van der Waals surface area contributed by atoms with Gasteiger partial charge in [0.15, 0.2) is 5.16 Å². The van der Waals surface area contributed by atoms with E-state index in [4.69, 9.17) is 0 Å². The van der Waals surface area contributed by atoms with E-state index in [0.29, 0.717) is 10.9 Å². The van der Waals surface area contributed by atoms with Crippen LogP contribution in [0.4, 0.5) is 0 Å². The molecule has 5 nitrogen and oxygen atoms in total. The summed E-state index contributed by atoms with van der Waals surface area (Å²) in [6.45, 7) is 0. The first-order valence-corrected chi connectivity index (χ1v) is 6.44. The normalized spacial score (nSPS) is 16.8. The molecule has 16 heavy (non-hydrogen) atoms. The van der Waals surface area contributed by atoms with Gasteiger partial charge < -0.3 is 0 Å². The van der Waals surface area contributed by atoms with Crippen molar-refractivity contribution < 1.29 is 4.79 Å². The second kappa shape index (κ2) is 4.86. The minimum Gasteiger partial charge on any atom is -0.298 e. The van der Waals surface area contributed by atoms with Gasteiger partial charge >= 0.3 is 5.69 Å². The first kappa shape index (κ1) is 11.4. The molecular formula is C10H15N3O2S. The van der Waals surface area contributed by atoms with Gasteiger partial charge in [0, 0.05) is 13.0 Å². The maximum Gasteiger partial charge on any atom is 0.343 e. The summed E-state index contributed by atoms with van der Waals surface area (Å²) in [7, 11) is 1.65. The van der Waals surface area contributed by atoms with E-state index >= 15 is 0 Å². The molecule has 1 aromatic rings. The van der Waals surface area contributed by atoms with E-state index < -0.39 is 0 Å². The van der Waals surface area contributed by atoms with Crippen LogP contribution in [0.5, 0.6) is 0 Å². The number of H-pyrrole nitrogens is 1. The summed E-state index contributed by atoms with van der Waals surface area (Å²) in [4.78, 5) is 22.9. The molecule has 0 amide bonds. The second-order valence-corrected chi connectivity index (χ2v) is 5.05. The Bertz CT molecular complexity index is 432. The van der Waals surface area contributed by atoms with Crippen molar-refractivity contribution in [2.24, 2.45) is 13.0 Å². The van der Waals surface area contributed by atoms with Gasteiger partial charge in [0.1, 0.15) is 5.78 Å². The Morgan fingerprint density at radius 3 is 2.81 bits per heavy atom. The van der Waals surface area contributed by atoms with Gasteiger partial charge in [-0.1, -0.05) is 24.6 Å². The largest absolute Gasteiger partial charge is 0.343 e. The number of thioether (sulfide) groups is 1. The van der Waals surface area contributed by atoms with Crippen LogP contribution in [-0.2, 0) is 11.8 Å². The highest BCUT2D eigenvalue weighted by atomic mass is 32.2. The average molecular weight is 241 g/mol. The molecule has 0 unspecified atom stereocenters. The third-order valence-electron chi connectivity index (χ3n) is 2.99. The van der Waals surface area contributed by atoms with Crippen LogP contribution < -0.4 is 5.69 Å². The number of nitrogens with zero attached hydrogens (tertiary/aromatic N) is 2. The first-order valence-electron chi connectivity index (χ1n) is 5.45. The van der Waals surface area contributed by atoms with Gasteiger partial charge in [-0.05, 0) is 12.8 Å². The number of hydrogen-bond donors (Lipinski definition) is 1. The molecule has 0 aromatic carbocycles. The lowest BCUT2D eigenvalue weighted by Gasteiger charge is -2.06. The van der Waals surface area contributed by atoms with Crippen LogP contribution in [0.3, 0.4) is 0 Å². The second-order valence-electron chi connectivity index (χ2n) is 4.11. The van der Waals surface area contributed by atoms with Crippen molar-refractivity contribution in [2.75, 3.05) is 5.75 Å². The molecule has 1 heterocycles. The first-order chi connectivity index (χ1) is 7.68. The third kappa shape index (κ3) is 2.37. The number of nitrogens with one attached hydrogen (secondary N) is 1. The number of carbonyl (C=O) groups excluding carboxylic acids is 1. The number of rotatable bonds is 4. The fraction of sp³-hybridized carbons (Fsp3) is 0.700. The molecule has 1 aliphatic carbocycles. The predicted molar refractivity (Wildman–Crippen MR) is 61.5 cm³/mol. The number of Topliss-reactive ketones (excluding diaryl/α,β-unsaturated/α-hetero) is 1. The zero-order valence-corrected chi connectivity index (χ0v) is 10.0. The van der Waals surface area contributed by atoms with Gasteiger partial charge in [-0.25, -0.2) is 9.89 Å². The van der Waals surface area contributed by atoms with E-state index in [1.54, 1.807) is 7.05 Å². The SMILES string of the molecule is Cn1c(SCC(=O)C2CCCC2)n[nH]c1=O. The highest BCUT2D eigenvalue weighted by Gasteiger charge is 2.22. The summed E-state index contributed by atoms with van der Waals surface area (Å²) in [6.07, 6.45) is 4.39. The molecule has 0 radical (unpaired) electrons. The molecule has 0 spiro atoms. The van der Waals surface area contributed by atoms with Gasteiger partial charge in [0.05, 0.1) is 5.75 Å². The van der Waals surface area contributed by atoms with Gasteiger partial charge in [-0.3, -0.25) is 9.36 Å². The molecule has 1 fully saturated rings. The lowest BCUT2D eigenvalue weighted by molar-refractivity contribution is -0.120. The number of aromatic nitrogens is 3. The number of carbonyl (C=O) groups is 1. The molecule has 0 bridgehead atoms. The minimum atomic E-state index is -0.240. The van der Waals surface area contributed by atoms with Gasteiger partial charge in [0.25, 0.3) is 0 Å². The Morgan fingerprint density at radius 2 is 2.25 bits per heavy atom. The van der Waals surface area contributed by atoms with E-state index in [0.717, 1.165) is 12.8 Å². The Morgan fingerprint density at radius 1 is 1.56 bits per heavy atom. The lowest BCUT2D eigenvalue weighted by atomic mass is 10.0. The van der Waals surface area contributed by atoms with Crippen molar-refractivity contribution in [3.8, 4) is 0 Å². The Hall–Kier alpha value is -1.04. The summed E-state index contributed by atoms with van der Waals surface area (Å²) in [5.41, 5.74) is -0.240. The maximum atomic E-state index is 11.8. The number of ketones is 1. The van der Waals surface area contributed by atoms with E-state index in [1.165, 1.54) is 29.2 Å². The van der Waals surface area contributed by atoms with Crippen LogP contribution in [0.25, 0.3) is 0 Å². The smallest absolute Gasteiger partial charge is 0.298 e. The molecule has 88 valence electrons. The maximum absolute atomic E-state index is 11.8. The molecular weight excluding hydrogens is 226 g/mol. The molecule has 1 saturated carbocycles.